The van der Waals surface area contributed by atoms with Gasteiger partial charge in [-0.2, -0.15) is 5.10 Å². The summed E-state index contributed by atoms with van der Waals surface area (Å²) >= 11 is 0. The third-order valence-electron chi connectivity index (χ3n) is 5.36. The van der Waals surface area contributed by atoms with E-state index in [1.165, 1.54) is 25.7 Å². The molecule has 1 amide bonds. The molecule has 4 nitrogen and oxygen atoms in total. The highest BCUT2D eigenvalue weighted by Gasteiger charge is 2.39. The summed E-state index contributed by atoms with van der Waals surface area (Å²) < 4.78 is 0. The van der Waals surface area contributed by atoms with Crippen molar-refractivity contribution in [2.24, 2.45) is 11.8 Å². The lowest BCUT2D eigenvalue weighted by atomic mass is 9.97. The van der Waals surface area contributed by atoms with Crippen LogP contribution >= 0.6 is 0 Å². The van der Waals surface area contributed by atoms with Crippen LogP contribution < -0.4 is 5.32 Å². The molecule has 3 atom stereocenters. The number of carbonyl (C=O) groups excluding carboxylic acids is 1. The molecule has 2 N–H and O–H groups in total. The molecule has 0 radical (unpaired) electrons. The summed E-state index contributed by atoms with van der Waals surface area (Å²) in [6, 6.07) is 10.0. The molecule has 2 fully saturated rings. The van der Waals surface area contributed by atoms with Gasteiger partial charge in [0.1, 0.15) is 0 Å². The van der Waals surface area contributed by atoms with Crippen molar-refractivity contribution in [1.29, 1.82) is 0 Å². The standard InChI is InChI=1S/C18H21N3O/c22-18(20-17-9-8-12-2-1-3-15(12)17)14-6-4-13(5-7-14)16-10-11-19-21-16/h4-7,10-12,15,17H,1-3,8-9H2,(H,19,21)(H,20,22)/t12-,15-,17-/m0/s1. The van der Waals surface area contributed by atoms with E-state index in [9.17, 15) is 4.79 Å². The Balaban J connectivity index is 1.44. The molecule has 0 saturated heterocycles. The molecule has 1 heterocycles. The number of carbonyl (C=O) groups is 1. The monoisotopic (exact) mass is 295 g/mol. The van der Waals surface area contributed by atoms with Crippen LogP contribution in [0.15, 0.2) is 36.5 Å². The van der Waals surface area contributed by atoms with Crippen molar-refractivity contribution in [3.63, 3.8) is 0 Å². The second-order valence-corrected chi connectivity index (χ2v) is 6.56. The van der Waals surface area contributed by atoms with E-state index in [0.29, 0.717) is 12.0 Å². The Kier molecular flexibility index (Phi) is 3.45. The molecule has 0 spiro atoms. The Labute approximate surface area is 130 Å². The van der Waals surface area contributed by atoms with Gasteiger partial charge in [0.25, 0.3) is 5.91 Å². The summed E-state index contributed by atoms with van der Waals surface area (Å²) in [4.78, 5) is 12.5. The minimum Gasteiger partial charge on any atom is -0.349 e. The fourth-order valence-electron chi connectivity index (χ4n) is 4.21. The predicted molar refractivity (Wildman–Crippen MR) is 85.3 cm³/mol. The van der Waals surface area contributed by atoms with Crippen LogP contribution in [0.4, 0.5) is 0 Å². The zero-order valence-electron chi connectivity index (χ0n) is 12.6. The van der Waals surface area contributed by atoms with E-state index in [4.69, 9.17) is 0 Å². The number of H-pyrrole nitrogens is 1. The minimum atomic E-state index is 0.0636. The fourth-order valence-corrected chi connectivity index (χ4v) is 4.21. The van der Waals surface area contributed by atoms with E-state index in [1.54, 1.807) is 6.20 Å². The van der Waals surface area contributed by atoms with Gasteiger partial charge in [-0.25, -0.2) is 0 Å². The van der Waals surface area contributed by atoms with Crippen LogP contribution in [0, 0.1) is 11.8 Å². The van der Waals surface area contributed by atoms with E-state index in [1.807, 2.05) is 30.3 Å². The predicted octanol–water partition coefficient (Wildman–Crippen LogP) is 3.39. The van der Waals surface area contributed by atoms with Crippen molar-refractivity contribution >= 4 is 5.91 Å². The average molecular weight is 295 g/mol. The molecule has 2 aliphatic carbocycles. The molecule has 1 aromatic heterocycles. The number of rotatable bonds is 3. The van der Waals surface area contributed by atoms with Crippen LogP contribution in [0.2, 0.25) is 0 Å². The first-order valence-electron chi connectivity index (χ1n) is 8.22. The van der Waals surface area contributed by atoms with Crippen LogP contribution in [-0.2, 0) is 0 Å². The van der Waals surface area contributed by atoms with Crippen molar-refractivity contribution in [3.05, 3.63) is 42.1 Å². The largest absolute Gasteiger partial charge is 0.349 e. The molecule has 0 bridgehead atoms. The highest BCUT2D eigenvalue weighted by atomic mass is 16.1. The number of nitrogens with zero attached hydrogens (tertiary/aromatic N) is 1. The van der Waals surface area contributed by atoms with Gasteiger partial charge in [-0.15, -0.1) is 0 Å². The average Bonchev–Trinajstić information content (AvgIpc) is 3.27. The maximum absolute atomic E-state index is 12.5. The summed E-state index contributed by atoms with van der Waals surface area (Å²) in [6.45, 7) is 0. The third-order valence-corrected chi connectivity index (χ3v) is 5.36. The van der Waals surface area contributed by atoms with Crippen molar-refractivity contribution in [1.82, 2.24) is 15.5 Å². The zero-order chi connectivity index (χ0) is 14.9. The molecule has 22 heavy (non-hydrogen) atoms. The van der Waals surface area contributed by atoms with Gasteiger partial charge in [0.05, 0.1) is 5.69 Å². The first-order chi connectivity index (χ1) is 10.8. The lowest BCUT2D eigenvalue weighted by Crippen LogP contribution is -2.37. The van der Waals surface area contributed by atoms with Crippen LogP contribution in [0.25, 0.3) is 11.3 Å². The molecule has 4 heteroatoms. The zero-order valence-corrected chi connectivity index (χ0v) is 12.6. The molecule has 114 valence electrons. The van der Waals surface area contributed by atoms with Crippen molar-refractivity contribution in [2.75, 3.05) is 0 Å². The van der Waals surface area contributed by atoms with Crippen molar-refractivity contribution in [2.45, 2.75) is 38.1 Å². The van der Waals surface area contributed by atoms with Gasteiger partial charge in [-0.05, 0) is 54.9 Å². The lowest BCUT2D eigenvalue weighted by molar-refractivity contribution is 0.0926. The van der Waals surface area contributed by atoms with E-state index in [-0.39, 0.29) is 5.91 Å². The van der Waals surface area contributed by atoms with Gasteiger partial charge in [0, 0.05) is 17.8 Å². The fraction of sp³-hybridized carbons (Fsp3) is 0.444. The first-order valence-corrected chi connectivity index (χ1v) is 8.22. The summed E-state index contributed by atoms with van der Waals surface area (Å²) in [5, 5.41) is 10.1. The number of aromatic nitrogens is 2. The Morgan fingerprint density at radius 1 is 1.09 bits per heavy atom. The van der Waals surface area contributed by atoms with E-state index in [0.717, 1.165) is 29.2 Å². The van der Waals surface area contributed by atoms with Gasteiger partial charge in [-0.3, -0.25) is 9.89 Å². The van der Waals surface area contributed by atoms with Crippen LogP contribution in [0.1, 0.15) is 42.5 Å². The molecule has 2 saturated carbocycles. The Hall–Kier alpha value is -2.10. The SMILES string of the molecule is O=C(N[C@H]1CC[C@@H]2CCC[C@@H]21)c1ccc(-c2ccn[nH]2)cc1. The highest BCUT2D eigenvalue weighted by molar-refractivity contribution is 5.94. The van der Waals surface area contributed by atoms with E-state index >= 15 is 0 Å². The second kappa shape index (κ2) is 5.59. The Bertz CT molecular complexity index is 647. The molecular formula is C18H21N3O. The molecule has 2 aliphatic rings. The van der Waals surface area contributed by atoms with Gasteiger partial charge in [-0.1, -0.05) is 25.0 Å². The quantitative estimate of drug-likeness (QED) is 0.912. The molecule has 4 rings (SSSR count). The topological polar surface area (TPSA) is 57.8 Å². The Morgan fingerprint density at radius 2 is 1.95 bits per heavy atom. The van der Waals surface area contributed by atoms with Crippen molar-refractivity contribution < 1.29 is 4.79 Å². The number of fused-ring (bicyclic) bond motifs is 1. The summed E-state index contributed by atoms with van der Waals surface area (Å²) in [6.07, 6.45) is 8.14. The second-order valence-electron chi connectivity index (χ2n) is 6.56. The number of nitrogens with one attached hydrogen (secondary N) is 2. The molecule has 2 aromatic rings. The summed E-state index contributed by atoms with van der Waals surface area (Å²) in [5.74, 6) is 1.63. The first kappa shape index (κ1) is 13.6. The van der Waals surface area contributed by atoms with Gasteiger partial charge in [0.15, 0.2) is 0 Å². The van der Waals surface area contributed by atoms with Crippen LogP contribution in [0.5, 0.6) is 0 Å². The van der Waals surface area contributed by atoms with E-state index in [2.05, 4.69) is 15.5 Å². The third kappa shape index (κ3) is 2.43. The number of amides is 1. The van der Waals surface area contributed by atoms with Crippen molar-refractivity contribution in [3.8, 4) is 11.3 Å². The van der Waals surface area contributed by atoms with Gasteiger partial charge in [0.2, 0.25) is 0 Å². The number of hydrogen-bond acceptors (Lipinski definition) is 2. The van der Waals surface area contributed by atoms with Gasteiger partial charge < -0.3 is 5.32 Å². The number of hydrogen-bond donors (Lipinski definition) is 2. The number of aromatic amines is 1. The van der Waals surface area contributed by atoms with Gasteiger partial charge >= 0.3 is 0 Å². The maximum atomic E-state index is 12.5. The number of benzene rings is 1. The highest BCUT2D eigenvalue weighted by Crippen LogP contribution is 2.44. The van der Waals surface area contributed by atoms with Crippen LogP contribution in [0.3, 0.4) is 0 Å². The smallest absolute Gasteiger partial charge is 0.251 e. The van der Waals surface area contributed by atoms with Crippen LogP contribution in [-0.4, -0.2) is 22.1 Å². The maximum Gasteiger partial charge on any atom is 0.251 e. The normalized spacial score (nSPS) is 26.8. The molecule has 0 unspecified atom stereocenters. The minimum absolute atomic E-state index is 0.0636. The molecular weight excluding hydrogens is 274 g/mol. The molecule has 0 aliphatic heterocycles. The van der Waals surface area contributed by atoms with E-state index < -0.39 is 0 Å². The Morgan fingerprint density at radius 3 is 2.73 bits per heavy atom. The summed E-state index contributed by atoms with van der Waals surface area (Å²) in [7, 11) is 0. The molecule has 1 aromatic carbocycles. The lowest BCUT2D eigenvalue weighted by Gasteiger charge is -2.20. The summed E-state index contributed by atoms with van der Waals surface area (Å²) in [5.41, 5.74) is 2.76.